The highest BCUT2D eigenvalue weighted by atomic mass is 35.5. The molecule has 0 aromatic heterocycles. The van der Waals surface area contributed by atoms with Crippen LogP contribution in [0.15, 0.2) is 0 Å². The van der Waals surface area contributed by atoms with E-state index in [2.05, 4.69) is 0 Å². The normalized spacial score (nSPS) is 31.1. The molecule has 4 heteroatoms. The predicted molar refractivity (Wildman–Crippen MR) is 100 cm³/mol. The lowest BCUT2D eigenvalue weighted by atomic mass is 9.83. The van der Waals surface area contributed by atoms with Gasteiger partial charge in [0.1, 0.15) is 8.67 Å². The number of halogens is 4. The van der Waals surface area contributed by atoms with E-state index in [0.29, 0.717) is 11.8 Å². The minimum Gasteiger partial charge on any atom is -0.101 e. The van der Waals surface area contributed by atoms with Crippen molar-refractivity contribution in [1.82, 2.24) is 0 Å². The molecule has 0 radical (unpaired) electrons. The van der Waals surface area contributed by atoms with E-state index in [0.717, 1.165) is 12.8 Å². The van der Waals surface area contributed by atoms with E-state index < -0.39 is 8.67 Å². The second-order valence-corrected chi connectivity index (χ2v) is 10.5. The Morgan fingerprint density at radius 3 is 1.36 bits per heavy atom. The fraction of sp³-hybridized carbons (Fsp3) is 1.00. The Labute approximate surface area is 156 Å². The van der Waals surface area contributed by atoms with Crippen molar-refractivity contribution in [3.63, 3.8) is 0 Å². The SMILES string of the molecule is ClC1(Cl)CCCCC1CCCCCCC1CCCCC1(Cl)Cl. The Hall–Kier alpha value is 1.16. The molecular formula is C18H30Cl4. The van der Waals surface area contributed by atoms with E-state index in [-0.39, 0.29) is 0 Å². The average Bonchev–Trinajstić information content (AvgIpc) is 2.45. The van der Waals surface area contributed by atoms with Crippen molar-refractivity contribution in [2.45, 2.75) is 98.6 Å². The fourth-order valence-corrected chi connectivity index (χ4v) is 5.59. The van der Waals surface area contributed by atoms with E-state index in [1.54, 1.807) is 0 Å². The molecule has 130 valence electrons. The number of alkyl halides is 4. The van der Waals surface area contributed by atoms with Crippen LogP contribution in [0.3, 0.4) is 0 Å². The summed E-state index contributed by atoms with van der Waals surface area (Å²) in [7, 11) is 0. The predicted octanol–water partition coefficient (Wildman–Crippen LogP) is 8.06. The first kappa shape index (κ1) is 19.5. The minimum atomic E-state index is -0.461. The molecule has 2 aliphatic carbocycles. The highest BCUT2D eigenvalue weighted by molar-refractivity contribution is 6.49. The number of rotatable bonds is 7. The quantitative estimate of drug-likeness (QED) is 0.306. The van der Waals surface area contributed by atoms with Crippen LogP contribution in [0.1, 0.15) is 89.9 Å². The van der Waals surface area contributed by atoms with Crippen LogP contribution in [0.4, 0.5) is 0 Å². The van der Waals surface area contributed by atoms with Gasteiger partial charge < -0.3 is 0 Å². The van der Waals surface area contributed by atoms with Crippen LogP contribution < -0.4 is 0 Å². The van der Waals surface area contributed by atoms with Gasteiger partial charge in [0.25, 0.3) is 0 Å². The van der Waals surface area contributed by atoms with Crippen molar-refractivity contribution in [3.8, 4) is 0 Å². The van der Waals surface area contributed by atoms with Crippen LogP contribution in [0, 0.1) is 11.8 Å². The van der Waals surface area contributed by atoms with Crippen LogP contribution in [0.25, 0.3) is 0 Å². The van der Waals surface area contributed by atoms with Crippen LogP contribution in [-0.4, -0.2) is 8.67 Å². The zero-order chi connectivity index (χ0) is 16.1. The average molecular weight is 388 g/mol. The van der Waals surface area contributed by atoms with E-state index in [9.17, 15) is 0 Å². The second kappa shape index (κ2) is 9.02. The van der Waals surface area contributed by atoms with Gasteiger partial charge in [-0.15, -0.1) is 46.4 Å². The highest BCUT2D eigenvalue weighted by Crippen LogP contribution is 2.46. The molecule has 0 N–H and O–H groups in total. The molecule has 0 bridgehead atoms. The van der Waals surface area contributed by atoms with Gasteiger partial charge in [-0.1, -0.05) is 51.4 Å². The summed E-state index contributed by atoms with van der Waals surface area (Å²) in [6, 6.07) is 0. The van der Waals surface area contributed by atoms with Crippen molar-refractivity contribution in [2.75, 3.05) is 0 Å². The first-order chi connectivity index (χ1) is 10.4. The van der Waals surface area contributed by atoms with E-state index in [1.165, 1.54) is 77.0 Å². The van der Waals surface area contributed by atoms with Crippen molar-refractivity contribution >= 4 is 46.4 Å². The molecule has 0 aliphatic heterocycles. The van der Waals surface area contributed by atoms with E-state index in [1.807, 2.05) is 0 Å². The lowest BCUT2D eigenvalue weighted by molar-refractivity contribution is 0.298. The summed E-state index contributed by atoms with van der Waals surface area (Å²) in [5.41, 5.74) is 0. The molecule has 0 heterocycles. The summed E-state index contributed by atoms with van der Waals surface area (Å²) >= 11 is 25.8. The second-order valence-electron chi connectivity index (χ2n) is 7.40. The Morgan fingerprint density at radius 1 is 0.591 bits per heavy atom. The largest absolute Gasteiger partial charge is 0.121 e. The van der Waals surface area contributed by atoms with Crippen LogP contribution in [0.5, 0.6) is 0 Å². The van der Waals surface area contributed by atoms with E-state index in [4.69, 9.17) is 46.4 Å². The topological polar surface area (TPSA) is 0 Å². The summed E-state index contributed by atoms with van der Waals surface area (Å²) in [5, 5.41) is 0. The molecule has 22 heavy (non-hydrogen) atoms. The third-order valence-electron chi connectivity index (χ3n) is 5.68. The van der Waals surface area contributed by atoms with Gasteiger partial charge in [0.05, 0.1) is 0 Å². The van der Waals surface area contributed by atoms with Crippen LogP contribution in [0.2, 0.25) is 0 Å². The summed E-state index contributed by atoms with van der Waals surface area (Å²) in [6.45, 7) is 0. The summed E-state index contributed by atoms with van der Waals surface area (Å²) in [4.78, 5) is 0. The summed E-state index contributed by atoms with van der Waals surface area (Å²) < 4.78 is -0.922. The van der Waals surface area contributed by atoms with Crippen LogP contribution >= 0.6 is 46.4 Å². The molecule has 0 aromatic carbocycles. The van der Waals surface area contributed by atoms with Gasteiger partial charge >= 0.3 is 0 Å². The third kappa shape index (κ3) is 5.91. The van der Waals surface area contributed by atoms with Gasteiger partial charge in [0.2, 0.25) is 0 Å². The van der Waals surface area contributed by atoms with Crippen LogP contribution in [-0.2, 0) is 0 Å². The highest BCUT2D eigenvalue weighted by Gasteiger charge is 2.37. The molecule has 0 saturated heterocycles. The first-order valence-corrected chi connectivity index (χ1v) is 10.7. The Kier molecular flexibility index (Phi) is 7.99. The Bertz CT molecular complexity index is 295. The third-order valence-corrected chi connectivity index (χ3v) is 7.67. The maximum atomic E-state index is 6.45. The molecule has 2 atom stereocenters. The van der Waals surface area contributed by atoms with E-state index >= 15 is 0 Å². The molecule has 0 spiro atoms. The Balaban J connectivity index is 1.56. The van der Waals surface area contributed by atoms with Crippen molar-refractivity contribution in [1.29, 1.82) is 0 Å². The molecule has 0 aromatic rings. The van der Waals surface area contributed by atoms with Gasteiger partial charge in [-0.2, -0.15) is 0 Å². The van der Waals surface area contributed by atoms with Gasteiger partial charge in [-0.3, -0.25) is 0 Å². The monoisotopic (exact) mass is 386 g/mol. The maximum Gasteiger partial charge on any atom is 0.121 e. The lowest BCUT2D eigenvalue weighted by Gasteiger charge is -2.34. The molecule has 2 aliphatic rings. The minimum absolute atomic E-state index is 0.461. The zero-order valence-electron chi connectivity index (χ0n) is 13.6. The van der Waals surface area contributed by atoms with Gasteiger partial charge in [-0.05, 0) is 50.4 Å². The molecule has 0 nitrogen and oxygen atoms in total. The van der Waals surface area contributed by atoms with Gasteiger partial charge in [-0.25, -0.2) is 0 Å². The standard InChI is InChI=1S/C18H30Cl4/c19-17(20)13-7-5-11-15(17)9-3-1-2-4-10-16-12-6-8-14-18(16,21)22/h15-16H,1-14H2. The smallest absolute Gasteiger partial charge is 0.101 e. The molecule has 2 fully saturated rings. The van der Waals surface area contributed by atoms with Gasteiger partial charge in [0.15, 0.2) is 0 Å². The molecule has 0 amide bonds. The molecule has 2 unspecified atom stereocenters. The van der Waals surface area contributed by atoms with Gasteiger partial charge in [0, 0.05) is 0 Å². The molecule has 2 saturated carbocycles. The zero-order valence-corrected chi connectivity index (χ0v) is 16.6. The van der Waals surface area contributed by atoms with Crippen molar-refractivity contribution in [2.24, 2.45) is 11.8 Å². The Morgan fingerprint density at radius 2 is 1.00 bits per heavy atom. The first-order valence-electron chi connectivity index (χ1n) is 9.17. The van der Waals surface area contributed by atoms with Crippen molar-refractivity contribution in [3.05, 3.63) is 0 Å². The fourth-order valence-electron chi connectivity index (χ4n) is 4.18. The molecule has 2 rings (SSSR count). The number of hydrogen-bond acceptors (Lipinski definition) is 0. The number of unbranched alkanes of at least 4 members (excludes halogenated alkanes) is 3. The maximum absolute atomic E-state index is 6.45. The number of hydrogen-bond donors (Lipinski definition) is 0. The van der Waals surface area contributed by atoms with Crippen molar-refractivity contribution < 1.29 is 0 Å². The lowest BCUT2D eigenvalue weighted by Crippen LogP contribution is -2.29. The summed E-state index contributed by atoms with van der Waals surface area (Å²) in [5.74, 6) is 1.00. The summed E-state index contributed by atoms with van der Waals surface area (Å²) in [6.07, 6.45) is 16.7. The molecular weight excluding hydrogens is 358 g/mol.